The van der Waals surface area contributed by atoms with E-state index in [0.29, 0.717) is 0 Å². The summed E-state index contributed by atoms with van der Waals surface area (Å²) in [5.41, 5.74) is 8.82. The van der Waals surface area contributed by atoms with Gasteiger partial charge < -0.3 is 5.73 Å². The van der Waals surface area contributed by atoms with Crippen molar-refractivity contribution in [3.8, 4) is 5.82 Å². The molecular formula is C12H17N5S. The molecule has 18 heavy (non-hydrogen) atoms. The van der Waals surface area contributed by atoms with E-state index < -0.39 is 0 Å². The Bertz CT molecular complexity index is 549. The van der Waals surface area contributed by atoms with E-state index in [2.05, 4.69) is 28.9 Å². The normalized spacial score (nSPS) is 10.8. The van der Waals surface area contributed by atoms with Gasteiger partial charge in [-0.25, -0.2) is 14.6 Å². The van der Waals surface area contributed by atoms with Gasteiger partial charge in [0.15, 0.2) is 5.82 Å². The Kier molecular flexibility index (Phi) is 3.86. The number of nitrogen functional groups attached to an aromatic ring is 1. The molecule has 0 aromatic carbocycles. The van der Waals surface area contributed by atoms with Gasteiger partial charge >= 0.3 is 0 Å². The van der Waals surface area contributed by atoms with E-state index >= 15 is 0 Å². The van der Waals surface area contributed by atoms with Crippen LogP contribution < -0.4 is 5.73 Å². The van der Waals surface area contributed by atoms with Crippen LogP contribution in [0.15, 0.2) is 17.4 Å². The van der Waals surface area contributed by atoms with Crippen molar-refractivity contribution in [3.63, 3.8) is 0 Å². The fraction of sp³-hybridized carbons (Fsp3) is 0.417. The minimum absolute atomic E-state index is 0.776. The third-order valence-electron chi connectivity index (χ3n) is 2.82. The molecule has 6 heteroatoms. The first kappa shape index (κ1) is 12.9. The van der Waals surface area contributed by atoms with Crippen molar-refractivity contribution in [2.24, 2.45) is 0 Å². The quantitative estimate of drug-likeness (QED) is 0.675. The van der Waals surface area contributed by atoms with E-state index in [1.54, 1.807) is 18.1 Å². The van der Waals surface area contributed by atoms with Gasteiger partial charge in [0.2, 0.25) is 0 Å². The molecule has 0 atom stereocenters. The lowest BCUT2D eigenvalue weighted by atomic mass is 10.2. The second kappa shape index (κ2) is 5.39. The standard InChI is InChI=1S/C12H17N5S/c1-4-8-12(13)9(5-2)17(16-8)10-6-11(18-3)15-7-14-10/h6-7H,4-5,13H2,1-3H3. The summed E-state index contributed by atoms with van der Waals surface area (Å²) in [6.45, 7) is 4.12. The zero-order chi connectivity index (χ0) is 13.1. The van der Waals surface area contributed by atoms with E-state index in [4.69, 9.17) is 5.73 Å². The highest BCUT2D eigenvalue weighted by atomic mass is 32.2. The molecule has 2 rings (SSSR count). The number of hydrogen-bond acceptors (Lipinski definition) is 5. The molecule has 0 aliphatic rings. The Balaban J connectivity index is 2.55. The van der Waals surface area contributed by atoms with Crippen molar-refractivity contribution >= 4 is 17.4 Å². The van der Waals surface area contributed by atoms with E-state index in [9.17, 15) is 0 Å². The summed E-state index contributed by atoms with van der Waals surface area (Å²) >= 11 is 1.58. The first-order chi connectivity index (χ1) is 8.71. The maximum atomic E-state index is 6.10. The van der Waals surface area contributed by atoms with Gasteiger partial charge in [-0.2, -0.15) is 5.10 Å². The first-order valence-corrected chi connectivity index (χ1v) is 7.16. The van der Waals surface area contributed by atoms with Gasteiger partial charge in [-0.15, -0.1) is 11.8 Å². The highest BCUT2D eigenvalue weighted by molar-refractivity contribution is 7.98. The molecule has 0 unspecified atom stereocenters. The van der Waals surface area contributed by atoms with Crippen LogP contribution in [0.3, 0.4) is 0 Å². The molecule has 5 nitrogen and oxygen atoms in total. The number of aryl methyl sites for hydroxylation is 1. The minimum Gasteiger partial charge on any atom is -0.396 e. The van der Waals surface area contributed by atoms with Crippen molar-refractivity contribution in [2.75, 3.05) is 12.0 Å². The number of nitrogens with two attached hydrogens (primary N) is 1. The van der Waals surface area contributed by atoms with E-state index in [1.165, 1.54) is 0 Å². The highest BCUT2D eigenvalue weighted by Crippen LogP contribution is 2.22. The van der Waals surface area contributed by atoms with Gasteiger partial charge in [-0.1, -0.05) is 13.8 Å². The third kappa shape index (κ3) is 2.20. The molecule has 0 aliphatic carbocycles. The van der Waals surface area contributed by atoms with Crippen LogP contribution in [0.1, 0.15) is 25.2 Å². The fourth-order valence-corrected chi connectivity index (χ4v) is 2.24. The second-order valence-corrected chi connectivity index (χ2v) is 4.67. The molecule has 0 saturated carbocycles. The number of thioether (sulfide) groups is 1. The SMILES string of the molecule is CCc1nn(-c2cc(SC)ncn2)c(CC)c1N. The van der Waals surface area contributed by atoms with Gasteiger partial charge in [-0.3, -0.25) is 0 Å². The summed E-state index contributed by atoms with van der Waals surface area (Å²) in [7, 11) is 0. The summed E-state index contributed by atoms with van der Waals surface area (Å²) in [4.78, 5) is 8.44. The van der Waals surface area contributed by atoms with E-state index in [0.717, 1.165) is 40.8 Å². The molecule has 0 amide bonds. The first-order valence-electron chi connectivity index (χ1n) is 5.93. The van der Waals surface area contributed by atoms with Crippen molar-refractivity contribution in [1.82, 2.24) is 19.7 Å². The maximum absolute atomic E-state index is 6.10. The Hall–Kier alpha value is -1.56. The lowest BCUT2D eigenvalue weighted by molar-refractivity contribution is 0.762. The molecule has 0 radical (unpaired) electrons. The summed E-state index contributed by atoms with van der Waals surface area (Å²) in [6.07, 6.45) is 5.20. The third-order valence-corrected chi connectivity index (χ3v) is 3.46. The van der Waals surface area contributed by atoms with Gasteiger partial charge in [0, 0.05) is 6.07 Å². The molecule has 0 saturated heterocycles. The molecule has 0 aliphatic heterocycles. The van der Waals surface area contributed by atoms with Crippen LogP contribution >= 0.6 is 11.8 Å². The van der Waals surface area contributed by atoms with Crippen molar-refractivity contribution in [1.29, 1.82) is 0 Å². The Morgan fingerprint density at radius 2 is 2.06 bits per heavy atom. The summed E-state index contributed by atoms with van der Waals surface area (Å²) in [5, 5.41) is 5.46. The Morgan fingerprint density at radius 3 is 2.67 bits per heavy atom. The van der Waals surface area contributed by atoms with E-state index in [-0.39, 0.29) is 0 Å². The number of anilines is 1. The predicted molar refractivity (Wildman–Crippen MR) is 74.1 cm³/mol. The molecule has 0 fully saturated rings. The van der Waals surface area contributed by atoms with Crippen LogP contribution in [0.25, 0.3) is 5.82 Å². The lowest BCUT2D eigenvalue weighted by Crippen LogP contribution is -2.05. The zero-order valence-corrected chi connectivity index (χ0v) is 11.7. The minimum atomic E-state index is 0.776. The lowest BCUT2D eigenvalue weighted by Gasteiger charge is -2.05. The monoisotopic (exact) mass is 263 g/mol. The van der Waals surface area contributed by atoms with Gasteiger partial charge in [0.25, 0.3) is 0 Å². The Labute approximate surface area is 111 Å². The molecule has 0 bridgehead atoms. The van der Waals surface area contributed by atoms with Gasteiger partial charge in [-0.05, 0) is 19.1 Å². The van der Waals surface area contributed by atoms with Crippen molar-refractivity contribution < 1.29 is 0 Å². The molecule has 96 valence electrons. The van der Waals surface area contributed by atoms with Crippen LogP contribution in [0.4, 0.5) is 5.69 Å². The molecule has 2 aromatic rings. The molecule has 0 spiro atoms. The number of aromatic nitrogens is 4. The largest absolute Gasteiger partial charge is 0.396 e. The highest BCUT2D eigenvalue weighted by Gasteiger charge is 2.14. The van der Waals surface area contributed by atoms with Gasteiger partial charge in [0.1, 0.15) is 11.4 Å². The second-order valence-electron chi connectivity index (χ2n) is 3.84. The van der Waals surface area contributed by atoms with Crippen LogP contribution in [0.2, 0.25) is 0 Å². The summed E-state index contributed by atoms with van der Waals surface area (Å²) < 4.78 is 1.83. The number of nitrogens with zero attached hydrogens (tertiary/aromatic N) is 4. The average molecular weight is 263 g/mol. The smallest absolute Gasteiger partial charge is 0.158 e. The van der Waals surface area contributed by atoms with Crippen molar-refractivity contribution in [2.45, 2.75) is 31.7 Å². The Morgan fingerprint density at radius 1 is 1.28 bits per heavy atom. The number of hydrogen-bond donors (Lipinski definition) is 1. The topological polar surface area (TPSA) is 69.6 Å². The fourth-order valence-electron chi connectivity index (χ4n) is 1.86. The summed E-state index contributed by atoms with van der Waals surface area (Å²) in [6, 6.07) is 1.93. The van der Waals surface area contributed by atoms with Crippen LogP contribution in [-0.4, -0.2) is 26.0 Å². The maximum Gasteiger partial charge on any atom is 0.158 e. The van der Waals surface area contributed by atoms with Crippen LogP contribution in [0, 0.1) is 0 Å². The summed E-state index contributed by atoms with van der Waals surface area (Å²) in [5.74, 6) is 0.776. The molecule has 2 aromatic heterocycles. The predicted octanol–water partition coefficient (Wildman–Crippen LogP) is 2.09. The van der Waals surface area contributed by atoms with E-state index in [1.807, 2.05) is 17.0 Å². The van der Waals surface area contributed by atoms with Gasteiger partial charge in [0.05, 0.1) is 17.1 Å². The average Bonchev–Trinajstić information content (AvgIpc) is 2.75. The van der Waals surface area contributed by atoms with Crippen molar-refractivity contribution in [3.05, 3.63) is 23.8 Å². The van der Waals surface area contributed by atoms with Crippen LogP contribution in [0.5, 0.6) is 0 Å². The molecular weight excluding hydrogens is 246 g/mol. The molecule has 2 heterocycles. The van der Waals surface area contributed by atoms with Crippen LogP contribution in [-0.2, 0) is 12.8 Å². The molecule has 2 N–H and O–H groups in total. The number of rotatable bonds is 4. The zero-order valence-electron chi connectivity index (χ0n) is 10.8.